The largest absolute Gasteiger partial charge is 0.476 e. The number of hydrogen-bond acceptors (Lipinski definition) is 5. The van der Waals surface area contributed by atoms with E-state index < -0.39 is 5.97 Å². The molecule has 0 spiro atoms. The van der Waals surface area contributed by atoms with Crippen molar-refractivity contribution in [3.63, 3.8) is 0 Å². The Balaban J connectivity index is 2.02. The van der Waals surface area contributed by atoms with Gasteiger partial charge < -0.3 is 10.0 Å². The van der Waals surface area contributed by atoms with E-state index in [2.05, 4.69) is 10.3 Å². The summed E-state index contributed by atoms with van der Waals surface area (Å²) in [6.45, 7) is 2.07. The van der Waals surface area contributed by atoms with Gasteiger partial charge in [-0.15, -0.1) is 5.10 Å². The Bertz CT molecular complexity index is 621. The number of carbonyl (C=O) groups excluding carboxylic acids is 1. The van der Waals surface area contributed by atoms with Crippen LogP contribution in [0.4, 0.5) is 0 Å². The van der Waals surface area contributed by atoms with Crippen molar-refractivity contribution in [2.45, 2.75) is 20.0 Å². The molecule has 1 N–H and O–H groups in total. The van der Waals surface area contributed by atoms with Crippen molar-refractivity contribution in [2.24, 2.45) is 0 Å². The molecule has 0 saturated heterocycles. The van der Waals surface area contributed by atoms with Gasteiger partial charge in [0.15, 0.2) is 5.69 Å². The van der Waals surface area contributed by atoms with Gasteiger partial charge in [-0.25, -0.2) is 9.48 Å². The van der Waals surface area contributed by atoms with E-state index in [0.29, 0.717) is 12.2 Å². The van der Waals surface area contributed by atoms with Crippen LogP contribution in [0.3, 0.4) is 0 Å². The normalized spacial score (nSPS) is 10.5. The van der Waals surface area contributed by atoms with Crippen LogP contribution in [-0.2, 0) is 17.9 Å². The smallest absolute Gasteiger partial charge is 0.358 e. The van der Waals surface area contributed by atoms with Gasteiger partial charge in [-0.1, -0.05) is 5.21 Å². The van der Waals surface area contributed by atoms with Crippen LogP contribution in [0.25, 0.3) is 0 Å². The highest BCUT2D eigenvalue weighted by atomic mass is 32.1. The van der Waals surface area contributed by atoms with Gasteiger partial charge in [0.05, 0.1) is 5.69 Å². The number of rotatable bonds is 5. The first-order valence-electron chi connectivity index (χ1n) is 5.87. The summed E-state index contributed by atoms with van der Waals surface area (Å²) in [6, 6.07) is 1.96. The number of nitrogens with zero attached hydrogens (tertiary/aromatic N) is 4. The van der Waals surface area contributed by atoms with Gasteiger partial charge in [-0.2, -0.15) is 11.3 Å². The maximum Gasteiger partial charge on any atom is 0.358 e. The lowest BCUT2D eigenvalue weighted by atomic mass is 10.3. The summed E-state index contributed by atoms with van der Waals surface area (Å²) >= 11 is 1.58. The highest BCUT2D eigenvalue weighted by Gasteiger charge is 2.18. The van der Waals surface area contributed by atoms with E-state index in [1.54, 1.807) is 30.2 Å². The van der Waals surface area contributed by atoms with E-state index in [0.717, 1.165) is 5.56 Å². The zero-order chi connectivity index (χ0) is 14.7. The average Bonchev–Trinajstić information content (AvgIpc) is 3.00. The zero-order valence-corrected chi connectivity index (χ0v) is 11.9. The third kappa shape index (κ3) is 3.02. The minimum Gasteiger partial charge on any atom is -0.476 e. The zero-order valence-electron chi connectivity index (χ0n) is 11.1. The first kappa shape index (κ1) is 14.2. The van der Waals surface area contributed by atoms with E-state index in [1.807, 2.05) is 16.8 Å². The van der Waals surface area contributed by atoms with Crippen LogP contribution in [0.5, 0.6) is 0 Å². The minimum absolute atomic E-state index is 0.0211. The molecular weight excluding hydrogens is 280 g/mol. The van der Waals surface area contributed by atoms with Gasteiger partial charge in [-0.3, -0.25) is 4.79 Å². The van der Waals surface area contributed by atoms with E-state index in [9.17, 15) is 9.59 Å². The molecule has 2 heterocycles. The fourth-order valence-corrected chi connectivity index (χ4v) is 2.36. The number of carbonyl (C=O) groups is 2. The minimum atomic E-state index is -1.15. The molecule has 2 rings (SSSR count). The van der Waals surface area contributed by atoms with Gasteiger partial charge in [0.2, 0.25) is 5.91 Å². The number of thiophene rings is 1. The van der Waals surface area contributed by atoms with Crippen LogP contribution < -0.4 is 0 Å². The van der Waals surface area contributed by atoms with Crippen LogP contribution in [-0.4, -0.2) is 43.9 Å². The maximum absolute atomic E-state index is 12.1. The first-order valence-corrected chi connectivity index (χ1v) is 6.81. The molecule has 8 heteroatoms. The number of likely N-dealkylation sites (N-methyl/N-ethyl adjacent to an activating group) is 1. The Labute approximate surface area is 119 Å². The summed E-state index contributed by atoms with van der Waals surface area (Å²) < 4.78 is 1.30. The summed E-state index contributed by atoms with van der Waals surface area (Å²) in [5.41, 5.74) is 1.31. The molecule has 1 amide bonds. The third-order valence-electron chi connectivity index (χ3n) is 2.90. The topological polar surface area (TPSA) is 88.3 Å². The molecule has 2 aromatic rings. The van der Waals surface area contributed by atoms with Crippen LogP contribution in [0, 0.1) is 6.92 Å². The number of carboxylic acids is 1. The molecule has 0 radical (unpaired) electrons. The summed E-state index contributed by atoms with van der Waals surface area (Å²) in [7, 11) is 1.70. The molecule has 0 aromatic carbocycles. The van der Waals surface area contributed by atoms with E-state index in [1.165, 1.54) is 4.68 Å². The second-order valence-corrected chi connectivity index (χ2v) is 5.15. The molecule has 0 aliphatic rings. The SMILES string of the molecule is Cc1c(C(=O)O)nnn1CC(=O)N(C)Cc1ccsc1. The molecule has 0 saturated carbocycles. The Kier molecular flexibility index (Phi) is 4.14. The molecular formula is C12H14N4O3S. The summed E-state index contributed by atoms with van der Waals surface area (Å²) in [5, 5.41) is 20.1. The quantitative estimate of drug-likeness (QED) is 0.889. The molecule has 106 valence electrons. The Morgan fingerprint density at radius 3 is 2.80 bits per heavy atom. The molecule has 20 heavy (non-hydrogen) atoms. The van der Waals surface area contributed by atoms with Crippen LogP contribution in [0.15, 0.2) is 16.8 Å². The van der Waals surface area contributed by atoms with E-state index in [-0.39, 0.29) is 18.1 Å². The lowest BCUT2D eigenvalue weighted by molar-refractivity contribution is -0.131. The highest BCUT2D eigenvalue weighted by molar-refractivity contribution is 7.07. The van der Waals surface area contributed by atoms with Crippen LogP contribution in [0.1, 0.15) is 21.7 Å². The molecule has 0 aliphatic heterocycles. The van der Waals surface area contributed by atoms with Gasteiger partial charge in [-0.05, 0) is 29.3 Å². The fourth-order valence-electron chi connectivity index (χ4n) is 1.70. The van der Waals surface area contributed by atoms with Crippen LogP contribution in [0.2, 0.25) is 0 Å². The second kappa shape index (κ2) is 5.83. The lowest BCUT2D eigenvalue weighted by Gasteiger charge is -2.16. The Morgan fingerprint density at radius 1 is 1.50 bits per heavy atom. The lowest BCUT2D eigenvalue weighted by Crippen LogP contribution is -2.30. The van der Waals surface area contributed by atoms with Crippen molar-refractivity contribution in [2.75, 3.05) is 7.05 Å². The number of aromatic nitrogens is 3. The van der Waals surface area contributed by atoms with E-state index >= 15 is 0 Å². The summed E-state index contributed by atoms with van der Waals surface area (Å²) in [5.74, 6) is -1.30. The summed E-state index contributed by atoms with van der Waals surface area (Å²) in [6.07, 6.45) is 0. The number of carboxylic acid groups (broad SMARTS) is 1. The average molecular weight is 294 g/mol. The number of aromatic carboxylic acids is 1. The summed E-state index contributed by atoms with van der Waals surface area (Å²) in [4.78, 5) is 24.5. The van der Waals surface area contributed by atoms with Crippen molar-refractivity contribution < 1.29 is 14.7 Å². The molecule has 0 unspecified atom stereocenters. The van der Waals surface area contributed by atoms with Gasteiger partial charge in [0.1, 0.15) is 6.54 Å². The van der Waals surface area contributed by atoms with Gasteiger partial charge in [0, 0.05) is 13.6 Å². The van der Waals surface area contributed by atoms with Crippen molar-refractivity contribution in [3.8, 4) is 0 Å². The van der Waals surface area contributed by atoms with Gasteiger partial charge in [0.25, 0.3) is 0 Å². The third-order valence-corrected chi connectivity index (χ3v) is 3.63. The Hall–Kier alpha value is -2.22. The van der Waals surface area contributed by atoms with Crippen molar-refractivity contribution >= 4 is 23.2 Å². The molecule has 0 bridgehead atoms. The number of hydrogen-bond donors (Lipinski definition) is 1. The molecule has 0 fully saturated rings. The highest BCUT2D eigenvalue weighted by Crippen LogP contribution is 2.09. The molecule has 2 aromatic heterocycles. The monoisotopic (exact) mass is 294 g/mol. The second-order valence-electron chi connectivity index (χ2n) is 4.37. The fraction of sp³-hybridized carbons (Fsp3) is 0.333. The first-order chi connectivity index (χ1) is 9.49. The molecule has 0 atom stereocenters. The molecule has 0 aliphatic carbocycles. The van der Waals surface area contributed by atoms with Gasteiger partial charge >= 0.3 is 5.97 Å². The number of amides is 1. The maximum atomic E-state index is 12.1. The van der Waals surface area contributed by atoms with Crippen molar-refractivity contribution in [3.05, 3.63) is 33.8 Å². The van der Waals surface area contributed by atoms with Crippen LogP contribution >= 0.6 is 11.3 Å². The van der Waals surface area contributed by atoms with Crippen molar-refractivity contribution in [1.82, 2.24) is 19.9 Å². The predicted octanol–water partition coefficient (Wildman–Crippen LogP) is 1.00. The van der Waals surface area contributed by atoms with E-state index in [4.69, 9.17) is 5.11 Å². The predicted molar refractivity (Wildman–Crippen MR) is 72.5 cm³/mol. The molecule has 7 nitrogen and oxygen atoms in total. The Morgan fingerprint density at radius 2 is 2.25 bits per heavy atom. The van der Waals surface area contributed by atoms with Crippen molar-refractivity contribution in [1.29, 1.82) is 0 Å². The standard InChI is InChI=1S/C12H14N4O3S/c1-8-11(12(18)19)13-14-16(8)6-10(17)15(2)5-9-3-4-20-7-9/h3-4,7H,5-6H2,1-2H3,(H,18,19).